The van der Waals surface area contributed by atoms with Crippen LogP contribution in [0.25, 0.3) is 22.4 Å². The van der Waals surface area contributed by atoms with E-state index in [1.54, 1.807) is 24.4 Å². The standard InChI is InChI=1S/C25H31N5O2/c1-24(2)14-18(15-25(3,4)29-24)30(5)22-9-7-20(27-28-22)19-12-16(6-8-21(19)31)17-10-11-26-23(32)13-17/h6-13,18,29,31H,14-15H2,1-5H3,(H,26,32). The van der Waals surface area contributed by atoms with Gasteiger partial charge in [-0.1, -0.05) is 6.07 Å². The van der Waals surface area contributed by atoms with Crippen molar-refractivity contribution in [2.24, 2.45) is 0 Å². The van der Waals surface area contributed by atoms with Gasteiger partial charge in [0, 0.05) is 42.0 Å². The first-order chi connectivity index (χ1) is 15.0. The first-order valence-corrected chi connectivity index (χ1v) is 10.9. The highest BCUT2D eigenvalue weighted by molar-refractivity contribution is 5.76. The smallest absolute Gasteiger partial charge is 0.211 e. The van der Waals surface area contributed by atoms with Gasteiger partial charge in [0.2, 0.25) is 5.88 Å². The van der Waals surface area contributed by atoms with Crippen LogP contribution >= 0.6 is 0 Å². The minimum absolute atomic E-state index is 0.0433. The molecule has 4 rings (SSSR count). The molecule has 3 N–H and O–H groups in total. The average molecular weight is 434 g/mol. The number of phenolic OH excluding ortho intramolecular Hbond substituents is 1. The van der Waals surface area contributed by atoms with Crippen molar-refractivity contribution in [2.75, 3.05) is 11.9 Å². The zero-order valence-corrected chi connectivity index (χ0v) is 19.3. The first-order valence-electron chi connectivity index (χ1n) is 10.9. The number of phenols is 1. The second kappa shape index (κ2) is 8.06. The molecule has 1 aliphatic heterocycles. The van der Waals surface area contributed by atoms with Crippen molar-refractivity contribution >= 4 is 5.82 Å². The highest BCUT2D eigenvalue weighted by Crippen LogP contribution is 2.35. The van der Waals surface area contributed by atoms with Crippen LogP contribution in [0, 0.1) is 0 Å². The Hall–Kier alpha value is -3.19. The Kier molecular flexibility index (Phi) is 5.54. The van der Waals surface area contributed by atoms with Crippen LogP contribution in [0.3, 0.4) is 0 Å². The molecule has 0 radical (unpaired) electrons. The highest BCUT2D eigenvalue weighted by Gasteiger charge is 2.39. The Balaban J connectivity index is 1.59. The number of pyridine rings is 1. The maximum Gasteiger partial charge on any atom is 0.211 e. The molecule has 0 saturated carbocycles. The number of nitrogens with one attached hydrogen (secondary N) is 1. The molecular weight excluding hydrogens is 402 g/mol. The van der Waals surface area contributed by atoms with Crippen molar-refractivity contribution in [3.05, 3.63) is 48.7 Å². The monoisotopic (exact) mass is 433 g/mol. The van der Waals surface area contributed by atoms with E-state index in [1.807, 2.05) is 24.3 Å². The van der Waals surface area contributed by atoms with Crippen LogP contribution in [-0.2, 0) is 0 Å². The largest absolute Gasteiger partial charge is 0.507 e. The summed E-state index contributed by atoms with van der Waals surface area (Å²) in [6, 6.07) is 12.8. The fourth-order valence-corrected chi connectivity index (χ4v) is 4.91. The summed E-state index contributed by atoms with van der Waals surface area (Å²) in [6.07, 6.45) is 3.57. The molecule has 3 heterocycles. The third-order valence-corrected chi connectivity index (χ3v) is 6.08. The number of hydrogen-bond acceptors (Lipinski definition) is 7. The van der Waals surface area contributed by atoms with E-state index in [0.29, 0.717) is 17.3 Å². The maximum atomic E-state index is 10.4. The predicted molar refractivity (Wildman–Crippen MR) is 127 cm³/mol. The number of hydrogen-bond donors (Lipinski definition) is 3. The van der Waals surface area contributed by atoms with Crippen molar-refractivity contribution in [1.82, 2.24) is 20.5 Å². The van der Waals surface area contributed by atoms with Crippen LogP contribution in [-0.4, -0.2) is 49.6 Å². The fourth-order valence-electron chi connectivity index (χ4n) is 4.91. The summed E-state index contributed by atoms with van der Waals surface area (Å²) in [5.41, 5.74) is 2.91. The van der Waals surface area contributed by atoms with Gasteiger partial charge in [-0.15, -0.1) is 10.2 Å². The molecule has 7 heteroatoms. The molecule has 168 valence electrons. The third-order valence-electron chi connectivity index (χ3n) is 6.08. The quantitative estimate of drug-likeness (QED) is 0.563. The summed E-state index contributed by atoms with van der Waals surface area (Å²) in [7, 11) is 2.07. The second-order valence-electron chi connectivity index (χ2n) is 9.98. The van der Waals surface area contributed by atoms with Gasteiger partial charge in [0.15, 0.2) is 5.82 Å². The van der Waals surface area contributed by atoms with Gasteiger partial charge < -0.3 is 20.4 Å². The topological polar surface area (TPSA) is 94.4 Å². The molecule has 0 aliphatic carbocycles. The van der Waals surface area contributed by atoms with Crippen molar-refractivity contribution in [1.29, 1.82) is 0 Å². The molecule has 3 aromatic rings. The fraction of sp³-hybridized carbons (Fsp3) is 0.400. The van der Waals surface area contributed by atoms with Gasteiger partial charge in [0.05, 0.1) is 5.69 Å². The van der Waals surface area contributed by atoms with E-state index in [4.69, 9.17) is 0 Å². The van der Waals surface area contributed by atoms with Gasteiger partial charge >= 0.3 is 0 Å². The van der Waals surface area contributed by atoms with Crippen LogP contribution in [0.15, 0.2) is 48.7 Å². The molecule has 0 spiro atoms. The van der Waals surface area contributed by atoms with Gasteiger partial charge in [-0.2, -0.15) is 0 Å². The van der Waals surface area contributed by atoms with Gasteiger partial charge in [0.1, 0.15) is 5.75 Å². The molecule has 0 amide bonds. The molecule has 0 bridgehead atoms. The number of aromatic nitrogens is 3. The van der Waals surface area contributed by atoms with Crippen LogP contribution in [0.5, 0.6) is 11.6 Å². The Bertz CT molecular complexity index is 1100. The number of nitrogens with zero attached hydrogens (tertiary/aromatic N) is 4. The van der Waals surface area contributed by atoms with Crippen molar-refractivity contribution in [3.63, 3.8) is 0 Å². The molecule has 32 heavy (non-hydrogen) atoms. The normalized spacial score (nSPS) is 17.8. The Morgan fingerprint density at radius 3 is 2.22 bits per heavy atom. The van der Waals surface area contributed by atoms with Gasteiger partial charge in [0.25, 0.3) is 0 Å². The summed E-state index contributed by atoms with van der Waals surface area (Å²) >= 11 is 0. The van der Waals surface area contributed by atoms with Gasteiger partial charge in [-0.3, -0.25) is 0 Å². The molecule has 1 saturated heterocycles. The lowest BCUT2D eigenvalue weighted by atomic mass is 9.79. The minimum Gasteiger partial charge on any atom is -0.507 e. The summed E-state index contributed by atoms with van der Waals surface area (Å²) in [5.74, 6) is 0.889. The molecule has 1 aliphatic rings. The Morgan fingerprint density at radius 2 is 1.59 bits per heavy atom. The predicted octanol–water partition coefficient (Wildman–Crippen LogP) is 4.36. The second-order valence-corrected chi connectivity index (χ2v) is 9.98. The zero-order valence-electron chi connectivity index (χ0n) is 19.3. The lowest BCUT2D eigenvalue weighted by Gasteiger charge is -2.49. The SMILES string of the molecule is CN(c1ccc(-c2cc(-c3ccnc(O)c3)ccc2O)nn1)C1CC(C)(C)NC(C)(C)C1. The van der Waals surface area contributed by atoms with E-state index in [-0.39, 0.29) is 22.7 Å². The number of rotatable bonds is 4. The third kappa shape index (κ3) is 4.67. The zero-order chi connectivity index (χ0) is 23.1. The van der Waals surface area contributed by atoms with E-state index >= 15 is 0 Å². The lowest BCUT2D eigenvalue weighted by molar-refractivity contribution is 0.160. The molecule has 0 atom stereocenters. The van der Waals surface area contributed by atoms with Crippen LogP contribution in [0.2, 0.25) is 0 Å². The summed E-state index contributed by atoms with van der Waals surface area (Å²) in [4.78, 5) is 6.03. The van der Waals surface area contributed by atoms with Crippen LogP contribution < -0.4 is 10.2 Å². The summed E-state index contributed by atoms with van der Waals surface area (Å²) in [6.45, 7) is 8.95. The molecule has 1 aromatic carbocycles. The molecule has 2 aromatic heterocycles. The number of piperidine rings is 1. The lowest BCUT2D eigenvalue weighted by Crippen LogP contribution is -2.62. The average Bonchev–Trinajstić information content (AvgIpc) is 2.71. The Morgan fingerprint density at radius 1 is 0.906 bits per heavy atom. The van der Waals surface area contributed by atoms with Crippen molar-refractivity contribution in [2.45, 2.75) is 57.7 Å². The first kappa shape index (κ1) is 22.0. The maximum absolute atomic E-state index is 10.4. The van der Waals surface area contributed by atoms with E-state index in [1.165, 1.54) is 0 Å². The van der Waals surface area contributed by atoms with E-state index in [9.17, 15) is 10.2 Å². The highest BCUT2D eigenvalue weighted by atomic mass is 16.3. The molecular formula is C25H31N5O2. The summed E-state index contributed by atoms with van der Waals surface area (Å²) in [5, 5.41) is 32.7. The van der Waals surface area contributed by atoms with Crippen LogP contribution in [0.1, 0.15) is 40.5 Å². The molecule has 7 nitrogen and oxygen atoms in total. The number of aromatic hydroxyl groups is 2. The van der Waals surface area contributed by atoms with Crippen molar-refractivity contribution in [3.8, 4) is 34.0 Å². The molecule has 0 unspecified atom stereocenters. The van der Waals surface area contributed by atoms with E-state index < -0.39 is 0 Å². The van der Waals surface area contributed by atoms with Gasteiger partial charge in [-0.25, -0.2) is 4.98 Å². The number of benzene rings is 1. The Labute approximate surface area is 189 Å². The number of anilines is 1. The van der Waals surface area contributed by atoms with Crippen LogP contribution in [0.4, 0.5) is 5.82 Å². The minimum atomic E-state index is -0.0476. The van der Waals surface area contributed by atoms with Crippen molar-refractivity contribution < 1.29 is 10.2 Å². The van der Waals surface area contributed by atoms with E-state index in [0.717, 1.165) is 29.8 Å². The van der Waals surface area contributed by atoms with E-state index in [2.05, 4.69) is 60.1 Å². The van der Waals surface area contributed by atoms with Gasteiger partial charge in [-0.05, 0) is 82.0 Å². The summed E-state index contributed by atoms with van der Waals surface area (Å²) < 4.78 is 0. The molecule has 1 fully saturated rings.